The molecular weight excluding hydrogens is 344 g/mol. The normalized spacial score (nSPS) is 19.8. The van der Waals surface area contributed by atoms with E-state index in [0.717, 1.165) is 40.8 Å². The molecule has 2 heterocycles. The SMILES string of the molecule is Cc1ccc(-c2cc(C(=O)N3C[C@H](C)C[C@H](C)C3)c3ccccc3n2)c(C)c1. The highest BCUT2D eigenvalue weighted by atomic mass is 16.2. The number of rotatable bonds is 2. The molecule has 1 amide bonds. The van der Waals surface area contributed by atoms with Crippen molar-refractivity contribution in [3.05, 3.63) is 65.2 Å². The van der Waals surface area contributed by atoms with E-state index in [1.165, 1.54) is 17.5 Å². The zero-order valence-electron chi connectivity index (χ0n) is 17.2. The van der Waals surface area contributed by atoms with Crippen molar-refractivity contribution in [2.75, 3.05) is 13.1 Å². The number of aromatic nitrogens is 1. The summed E-state index contributed by atoms with van der Waals surface area (Å²) in [6, 6.07) is 16.4. The lowest BCUT2D eigenvalue weighted by molar-refractivity contribution is 0.0625. The predicted molar refractivity (Wildman–Crippen MR) is 116 cm³/mol. The lowest BCUT2D eigenvalue weighted by atomic mass is 9.91. The fraction of sp³-hybridized carbons (Fsp3) is 0.360. The van der Waals surface area contributed by atoms with Gasteiger partial charge in [-0.15, -0.1) is 0 Å². The van der Waals surface area contributed by atoms with Gasteiger partial charge in [0.05, 0.1) is 16.8 Å². The van der Waals surface area contributed by atoms with Crippen LogP contribution in [0, 0.1) is 25.7 Å². The van der Waals surface area contributed by atoms with Crippen LogP contribution in [0.3, 0.4) is 0 Å². The average Bonchev–Trinajstić information content (AvgIpc) is 2.66. The van der Waals surface area contributed by atoms with Gasteiger partial charge in [-0.3, -0.25) is 4.79 Å². The Bertz CT molecular complexity index is 1030. The molecule has 0 N–H and O–H groups in total. The van der Waals surface area contributed by atoms with Gasteiger partial charge in [0.2, 0.25) is 0 Å². The summed E-state index contributed by atoms with van der Waals surface area (Å²) in [7, 11) is 0. The molecule has 2 aromatic carbocycles. The lowest BCUT2D eigenvalue weighted by Gasteiger charge is -2.35. The molecule has 3 aromatic rings. The van der Waals surface area contributed by atoms with Crippen LogP contribution in [0.25, 0.3) is 22.2 Å². The van der Waals surface area contributed by atoms with E-state index in [1.54, 1.807) is 0 Å². The molecule has 0 aliphatic carbocycles. The van der Waals surface area contributed by atoms with Gasteiger partial charge in [-0.1, -0.05) is 55.8 Å². The Balaban J connectivity index is 1.84. The number of carbonyl (C=O) groups excluding carboxylic acids is 1. The first kappa shape index (κ1) is 18.7. The molecule has 0 radical (unpaired) electrons. The first-order chi connectivity index (χ1) is 13.4. The molecule has 4 rings (SSSR count). The van der Waals surface area contributed by atoms with Gasteiger partial charge in [0.15, 0.2) is 0 Å². The summed E-state index contributed by atoms with van der Waals surface area (Å²) in [5.41, 5.74) is 6.02. The van der Waals surface area contributed by atoms with Gasteiger partial charge in [-0.25, -0.2) is 4.98 Å². The number of hydrogen-bond acceptors (Lipinski definition) is 2. The van der Waals surface area contributed by atoms with Crippen molar-refractivity contribution in [2.45, 2.75) is 34.1 Å². The van der Waals surface area contributed by atoms with E-state index in [9.17, 15) is 4.79 Å². The molecule has 28 heavy (non-hydrogen) atoms. The lowest BCUT2D eigenvalue weighted by Crippen LogP contribution is -2.42. The molecule has 1 aliphatic heterocycles. The largest absolute Gasteiger partial charge is 0.338 e. The van der Waals surface area contributed by atoms with E-state index in [0.29, 0.717) is 11.8 Å². The first-order valence-electron chi connectivity index (χ1n) is 10.2. The fourth-order valence-electron chi connectivity index (χ4n) is 4.59. The number of hydrogen-bond donors (Lipinski definition) is 0. The van der Waals surface area contributed by atoms with E-state index >= 15 is 0 Å². The van der Waals surface area contributed by atoms with Gasteiger partial charge in [-0.2, -0.15) is 0 Å². The van der Waals surface area contributed by atoms with E-state index in [1.807, 2.05) is 35.2 Å². The first-order valence-corrected chi connectivity index (χ1v) is 10.2. The Kier molecular flexibility index (Phi) is 4.92. The molecule has 1 aromatic heterocycles. The summed E-state index contributed by atoms with van der Waals surface area (Å²) in [6.45, 7) is 10.3. The summed E-state index contributed by atoms with van der Waals surface area (Å²) in [5, 5.41) is 0.937. The van der Waals surface area contributed by atoms with Crippen molar-refractivity contribution in [1.29, 1.82) is 0 Å². The Hall–Kier alpha value is -2.68. The van der Waals surface area contributed by atoms with E-state index in [-0.39, 0.29) is 5.91 Å². The molecular formula is C25H28N2O. The number of benzene rings is 2. The summed E-state index contributed by atoms with van der Waals surface area (Å²) in [4.78, 5) is 20.4. The summed E-state index contributed by atoms with van der Waals surface area (Å²) < 4.78 is 0. The van der Waals surface area contributed by atoms with Crippen LogP contribution >= 0.6 is 0 Å². The van der Waals surface area contributed by atoms with Crippen LogP contribution in [0.4, 0.5) is 0 Å². The minimum absolute atomic E-state index is 0.128. The molecule has 3 nitrogen and oxygen atoms in total. The van der Waals surface area contributed by atoms with Crippen LogP contribution in [0.2, 0.25) is 0 Å². The van der Waals surface area contributed by atoms with Crippen molar-refractivity contribution in [3.63, 3.8) is 0 Å². The van der Waals surface area contributed by atoms with Gasteiger partial charge in [0.1, 0.15) is 0 Å². The maximum Gasteiger partial charge on any atom is 0.254 e. The van der Waals surface area contributed by atoms with Crippen molar-refractivity contribution >= 4 is 16.8 Å². The quantitative estimate of drug-likeness (QED) is 0.583. The van der Waals surface area contributed by atoms with E-state index in [2.05, 4.69) is 45.9 Å². The van der Waals surface area contributed by atoms with Crippen LogP contribution in [0.15, 0.2) is 48.5 Å². The third-order valence-corrected chi connectivity index (χ3v) is 5.76. The number of amides is 1. The zero-order valence-corrected chi connectivity index (χ0v) is 17.2. The number of para-hydroxylation sites is 1. The van der Waals surface area contributed by atoms with Crippen LogP contribution in [0.5, 0.6) is 0 Å². The number of nitrogens with zero attached hydrogens (tertiary/aromatic N) is 2. The Morgan fingerprint density at radius 2 is 1.71 bits per heavy atom. The monoisotopic (exact) mass is 372 g/mol. The van der Waals surface area contributed by atoms with Crippen molar-refractivity contribution < 1.29 is 4.79 Å². The molecule has 1 fully saturated rings. The third-order valence-electron chi connectivity index (χ3n) is 5.76. The van der Waals surface area contributed by atoms with Crippen molar-refractivity contribution in [3.8, 4) is 11.3 Å². The van der Waals surface area contributed by atoms with Gasteiger partial charge in [0.25, 0.3) is 5.91 Å². The number of likely N-dealkylation sites (tertiary alicyclic amines) is 1. The van der Waals surface area contributed by atoms with Crippen LogP contribution < -0.4 is 0 Å². The third kappa shape index (κ3) is 3.54. The average molecular weight is 373 g/mol. The zero-order chi connectivity index (χ0) is 19.8. The molecule has 0 spiro atoms. The van der Waals surface area contributed by atoms with Crippen molar-refractivity contribution in [1.82, 2.24) is 9.88 Å². The number of piperidine rings is 1. The predicted octanol–water partition coefficient (Wildman–Crippen LogP) is 5.64. The number of carbonyl (C=O) groups is 1. The minimum Gasteiger partial charge on any atom is -0.338 e. The number of aryl methyl sites for hydroxylation is 2. The molecule has 0 unspecified atom stereocenters. The smallest absolute Gasteiger partial charge is 0.254 e. The summed E-state index contributed by atoms with van der Waals surface area (Å²) in [6.07, 6.45) is 1.19. The summed E-state index contributed by atoms with van der Waals surface area (Å²) >= 11 is 0. The van der Waals surface area contributed by atoms with Gasteiger partial charge in [0, 0.05) is 24.0 Å². The molecule has 0 bridgehead atoms. The summed E-state index contributed by atoms with van der Waals surface area (Å²) in [5.74, 6) is 1.21. The minimum atomic E-state index is 0.128. The molecule has 1 aliphatic rings. The number of pyridine rings is 1. The molecule has 3 heteroatoms. The molecule has 0 saturated carbocycles. The second kappa shape index (κ2) is 7.38. The van der Waals surface area contributed by atoms with E-state index in [4.69, 9.17) is 4.98 Å². The maximum atomic E-state index is 13.5. The standard InChI is InChI=1S/C25H28N2O/c1-16-9-10-20(19(4)12-16)24-13-22(21-7-5-6-8-23(21)26-24)25(28)27-14-17(2)11-18(3)15-27/h5-10,12-13,17-18H,11,14-15H2,1-4H3/t17-,18+. The highest BCUT2D eigenvalue weighted by molar-refractivity contribution is 6.07. The van der Waals surface area contributed by atoms with Crippen LogP contribution in [-0.4, -0.2) is 28.9 Å². The molecule has 1 saturated heterocycles. The van der Waals surface area contributed by atoms with Crippen LogP contribution in [-0.2, 0) is 0 Å². The molecule has 2 atom stereocenters. The van der Waals surface area contributed by atoms with Gasteiger partial charge in [-0.05, 0) is 49.8 Å². The Morgan fingerprint density at radius 3 is 2.43 bits per heavy atom. The Morgan fingerprint density at radius 1 is 1.00 bits per heavy atom. The fourth-order valence-corrected chi connectivity index (χ4v) is 4.59. The Labute approximate surface area is 167 Å². The second-order valence-electron chi connectivity index (χ2n) is 8.55. The molecule has 144 valence electrons. The number of fused-ring (bicyclic) bond motifs is 1. The second-order valence-corrected chi connectivity index (χ2v) is 8.55. The topological polar surface area (TPSA) is 33.2 Å². The maximum absolute atomic E-state index is 13.5. The van der Waals surface area contributed by atoms with Crippen molar-refractivity contribution in [2.24, 2.45) is 11.8 Å². The van der Waals surface area contributed by atoms with Gasteiger partial charge < -0.3 is 4.90 Å². The highest BCUT2D eigenvalue weighted by Gasteiger charge is 2.27. The van der Waals surface area contributed by atoms with Gasteiger partial charge >= 0.3 is 0 Å². The van der Waals surface area contributed by atoms with E-state index < -0.39 is 0 Å². The highest BCUT2D eigenvalue weighted by Crippen LogP contribution is 2.30. The van der Waals surface area contributed by atoms with Crippen LogP contribution in [0.1, 0.15) is 41.8 Å².